The van der Waals surface area contributed by atoms with Crippen molar-refractivity contribution in [2.24, 2.45) is 0 Å². The molecule has 0 aromatic rings. The summed E-state index contributed by atoms with van der Waals surface area (Å²) in [5, 5.41) is 9.16. The highest BCUT2D eigenvalue weighted by Gasteiger charge is 2.55. The van der Waals surface area contributed by atoms with Gasteiger partial charge in [-0.25, -0.2) is 4.79 Å². The molecule has 1 N–H and O–H groups in total. The third-order valence-electron chi connectivity index (χ3n) is 8.65. The molecular formula is C29H62O6Si3. The van der Waals surface area contributed by atoms with Gasteiger partial charge in [0.1, 0.15) is 6.10 Å². The summed E-state index contributed by atoms with van der Waals surface area (Å²) in [6.45, 7) is 31.5. The van der Waals surface area contributed by atoms with E-state index in [4.69, 9.17) is 18.3 Å². The molecule has 226 valence electrons. The minimum absolute atomic E-state index is 0.165. The van der Waals surface area contributed by atoms with Gasteiger partial charge < -0.3 is 23.4 Å². The van der Waals surface area contributed by atoms with Crippen molar-refractivity contribution in [3.63, 3.8) is 0 Å². The fourth-order valence-corrected chi connectivity index (χ4v) is 17.4. The normalized spacial score (nSPS) is 15.7. The van der Waals surface area contributed by atoms with Gasteiger partial charge in [0, 0.05) is 17.4 Å². The van der Waals surface area contributed by atoms with Crippen LogP contribution in [0.1, 0.15) is 80.1 Å². The largest absolute Gasteiger partial charge is 0.454 e. The van der Waals surface area contributed by atoms with Gasteiger partial charge in [-0.15, -0.1) is 0 Å². The Morgan fingerprint density at radius 3 is 1.95 bits per heavy atom. The Morgan fingerprint density at radius 1 is 0.921 bits per heavy atom. The van der Waals surface area contributed by atoms with Crippen molar-refractivity contribution in [2.75, 3.05) is 19.8 Å². The van der Waals surface area contributed by atoms with Gasteiger partial charge in [-0.2, -0.15) is 0 Å². The number of aliphatic hydroxyl groups excluding tert-OH is 1. The van der Waals surface area contributed by atoms with E-state index >= 15 is 0 Å². The minimum Gasteiger partial charge on any atom is -0.454 e. The molecule has 0 saturated heterocycles. The zero-order valence-electron chi connectivity index (χ0n) is 27.1. The van der Waals surface area contributed by atoms with Crippen molar-refractivity contribution in [1.82, 2.24) is 0 Å². The fourth-order valence-electron chi connectivity index (χ4n) is 5.37. The summed E-state index contributed by atoms with van der Waals surface area (Å²) in [4.78, 5) is 11.7. The van der Waals surface area contributed by atoms with E-state index in [1.165, 1.54) is 18.9 Å². The van der Waals surface area contributed by atoms with Gasteiger partial charge in [0.15, 0.2) is 8.32 Å². The topological polar surface area (TPSA) is 74.2 Å². The molecule has 0 aromatic heterocycles. The second kappa shape index (κ2) is 16.2. The number of aliphatic hydroxyl groups is 1. The van der Waals surface area contributed by atoms with E-state index < -0.39 is 36.8 Å². The standard InChI is InChI=1S/C29H62O6Si3/c1-14-18-22-37(10,11)35-29(16-3,17-4)38(12,13)34-28(7,15-2)36(8,9)21-19-20-32-24-26(23-30)33-27(31)25(5)6/h26,30H,5,14-24H2,1-4,6-13H3. The number of hydrogen-bond donors (Lipinski definition) is 1. The van der Waals surface area contributed by atoms with E-state index in [9.17, 15) is 9.90 Å². The lowest BCUT2D eigenvalue weighted by atomic mass is 10.2. The van der Waals surface area contributed by atoms with Gasteiger partial charge in [-0.1, -0.05) is 66.3 Å². The fraction of sp³-hybridized carbons (Fsp3) is 0.897. The summed E-state index contributed by atoms with van der Waals surface area (Å²) in [5.41, 5.74) is 0.314. The molecule has 0 aliphatic carbocycles. The highest BCUT2D eigenvalue weighted by molar-refractivity contribution is 6.82. The first kappa shape index (κ1) is 37.7. The van der Waals surface area contributed by atoms with Gasteiger partial charge in [-0.05, 0) is 71.8 Å². The van der Waals surface area contributed by atoms with Crippen LogP contribution in [0.5, 0.6) is 0 Å². The second-order valence-electron chi connectivity index (χ2n) is 12.9. The minimum atomic E-state index is -2.26. The SMILES string of the molecule is C=C(C)C(=O)OC(CO)COCCC[Si](C)(C)C(C)(CC)O[Si](C)(C)C(CC)(CC)O[Si](C)(C)CCCC. The summed E-state index contributed by atoms with van der Waals surface area (Å²) in [7, 11) is -5.91. The molecule has 2 unspecified atom stereocenters. The molecule has 0 amide bonds. The van der Waals surface area contributed by atoms with Gasteiger partial charge in [0.25, 0.3) is 0 Å². The molecular weight excluding hydrogens is 529 g/mol. The van der Waals surface area contributed by atoms with E-state index in [1.54, 1.807) is 6.92 Å². The van der Waals surface area contributed by atoms with Crippen LogP contribution in [-0.4, -0.2) is 72.2 Å². The summed E-state index contributed by atoms with van der Waals surface area (Å²) in [6, 6.07) is 2.27. The Hall–Kier alpha value is -0.299. The van der Waals surface area contributed by atoms with E-state index in [0.717, 1.165) is 31.7 Å². The molecule has 0 aliphatic rings. The summed E-state index contributed by atoms with van der Waals surface area (Å²) in [6.07, 6.45) is 5.64. The maximum atomic E-state index is 11.7. The van der Waals surface area contributed by atoms with Crippen LogP contribution in [0, 0.1) is 0 Å². The van der Waals surface area contributed by atoms with Crippen molar-refractivity contribution in [2.45, 2.75) is 148 Å². The first-order chi connectivity index (χ1) is 17.4. The lowest BCUT2D eigenvalue weighted by Crippen LogP contribution is -2.67. The van der Waals surface area contributed by atoms with Crippen molar-refractivity contribution in [3.05, 3.63) is 12.2 Å². The van der Waals surface area contributed by atoms with E-state index in [0.29, 0.717) is 12.2 Å². The summed E-state index contributed by atoms with van der Waals surface area (Å²) >= 11 is 0. The predicted octanol–water partition coefficient (Wildman–Crippen LogP) is 7.63. The maximum absolute atomic E-state index is 11.7. The summed E-state index contributed by atoms with van der Waals surface area (Å²) < 4.78 is 25.6. The van der Waals surface area contributed by atoms with Crippen LogP contribution in [0.2, 0.25) is 51.4 Å². The zero-order chi connectivity index (χ0) is 29.8. The lowest BCUT2D eigenvalue weighted by molar-refractivity contribution is -0.149. The smallest absolute Gasteiger partial charge is 0.333 e. The van der Waals surface area contributed by atoms with Crippen LogP contribution in [0.25, 0.3) is 0 Å². The average Bonchev–Trinajstić information content (AvgIpc) is 2.84. The summed E-state index contributed by atoms with van der Waals surface area (Å²) in [5.74, 6) is -0.500. The first-order valence-corrected chi connectivity index (χ1v) is 24.1. The lowest BCUT2D eigenvalue weighted by Gasteiger charge is -2.54. The molecule has 0 aromatic carbocycles. The molecule has 0 aliphatic heterocycles. The van der Waals surface area contributed by atoms with Gasteiger partial charge in [0.2, 0.25) is 8.32 Å². The number of carbonyl (C=O) groups excluding carboxylic acids is 1. The first-order valence-electron chi connectivity index (χ1n) is 14.9. The van der Waals surface area contributed by atoms with Crippen LogP contribution in [0.4, 0.5) is 0 Å². The highest BCUT2D eigenvalue weighted by Crippen LogP contribution is 2.42. The number of unbranched alkanes of at least 4 members (excludes halogenated alkanes) is 1. The monoisotopic (exact) mass is 590 g/mol. The van der Waals surface area contributed by atoms with Crippen LogP contribution >= 0.6 is 0 Å². The number of ether oxygens (including phenoxy) is 2. The Morgan fingerprint density at radius 2 is 1.50 bits per heavy atom. The van der Waals surface area contributed by atoms with E-state index in [-0.39, 0.29) is 23.7 Å². The highest BCUT2D eigenvalue weighted by atomic mass is 28.4. The van der Waals surface area contributed by atoms with Crippen molar-refractivity contribution >= 4 is 30.7 Å². The molecule has 0 saturated carbocycles. The molecule has 2 atom stereocenters. The zero-order valence-corrected chi connectivity index (χ0v) is 30.1. The third kappa shape index (κ3) is 10.9. The number of rotatable bonds is 21. The maximum Gasteiger partial charge on any atom is 0.333 e. The van der Waals surface area contributed by atoms with Gasteiger partial charge in [-0.3, -0.25) is 0 Å². The van der Waals surface area contributed by atoms with E-state index in [1.807, 2.05) is 0 Å². The number of esters is 1. The molecule has 0 fully saturated rings. The van der Waals surface area contributed by atoms with Crippen LogP contribution < -0.4 is 0 Å². The Balaban J connectivity index is 5.41. The Labute approximate surface area is 238 Å². The number of carbonyl (C=O) groups is 1. The molecule has 38 heavy (non-hydrogen) atoms. The quantitative estimate of drug-likeness (QED) is 0.0641. The van der Waals surface area contributed by atoms with Crippen LogP contribution in [0.3, 0.4) is 0 Å². The molecule has 0 radical (unpaired) electrons. The van der Waals surface area contributed by atoms with Crippen LogP contribution in [0.15, 0.2) is 12.2 Å². The predicted molar refractivity (Wildman–Crippen MR) is 168 cm³/mol. The van der Waals surface area contributed by atoms with E-state index in [2.05, 4.69) is 80.5 Å². The Kier molecular flexibility index (Phi) is 16.1. The molecule has 6 nitrogen and oxygen atoms in total. The molecule has 0 heterocycles. The van der Waals surface area contributed by atoms with Crippen molar-refractivity contribution in [1.29, 1.82) is 0 Å². The van der Waals surface area contributed by atoms with Gasteiger partial charge >= 0.3 is 5.97 Å². The second-order valence-corrected chi connectivity index (χ2v) is 26.6. The van der Waals surface area contributed by atoms with Crippen LogP contribution in [-0.2, 0) is 23.1 Å². The molecule has 0 rings (SSSR count). The number of hydrogen-bond acceptors (Lipinski definition) is 6. The Bertz CT molecular complexity index is 721. The molecule has 9 heteroatoms. The average molecular weight is 591 g/mol. The van der Waals surface area contributed by atoms with Crippen molar-refractivity contribution in [3.8, 4) is 0 Å². The van der Waals surface area contributed by atoms with Gasteiger partial charge in [0.05, 0.1) is 26.5 Å². The molecule has 0 bridgehead atoms. The molecule has 0 spiro atoms. The van der Waals surface area contributed by atoms with Crippen molar-refractivity contribution < 1.29 is 28.2 Å². The third-order valence-corrected chi connectivity index (χ3v) is 20.4.